The molecule has 0 amide bonds. The van der Waals surface area contributed by atoms with E-state index in [2.05, 4.69) is 21.4 Å². The molecule has 1 heterocycles. The van der Waals surface area contributed by atoms with Crippen LogP contribution in [0.5, 0.6) is 0 Å². The molecule has 0 aliphatic heterocycles. The zero-order chi connectivity index (χ0) is 12.4. The smallest absolute Gasteiger partial charge is 0.141 e. The lowest BCUT2D eigenvalue weighted by Crippen LogP contribution is -2.28. The van der Waals surface area contributed by atoms with Crippen LogP contribution in [0.25, 0.3) is 0 Å². The number of halogens is 3. The summed E-state index contributed by atoms with van der Waals surface area (Å²) in [7, 11) is 0. The summed E-state index contributed by atoms with van der Waals surface area (Å²) in [6, 6.07) is 6.31. The Kier molecular flexibility index (Phi) is 4.17. The van der Waals surface area contributed by atoms with Crippen molar-refractivity contribution in [2.75, 3.05) is 0 Å². The molecule has 1 atom stereocenters. The Balaban J connectivity index is 2.42. The van der Waals surface area contributed by atoms with Gasteiger partial charge in [-0.3, -0.25) is 5.84 Å². The van der Waals surface area contributed by atoms with E-state index in [1.54, 1.807) is 23.5 Å². The van der Waals surface area contributed by atoms with Crippen LogP contribution in [0.3, 0.4) is 0 Å². The predicted octanol–water partition coefficient (Wildman–Crippen LogP) is 3.86. The highest BCUT2D eigenvalue weighted by Gasteiger charge is 2.17. The van der Waals surface area contributed by atoms with E-state index >= 15 is 0 Å². The van der Waals surface area contributed by atoms with Gasteiger partial charge >= 0.3 is 0 Å². The molecule has 1 unspecified atom stereocenters. The molecule has 1 aromatic heterocycles. The first-order chi connectivity index (χ1) is 8.13. The normalized spacial score (nSPS) is 12.7. The van der Waals surface area contributed by atoms with Crippen LogP contribution in [0.4, 0.5) is 4.39 Å². The summed E-state index contributed by atoms with van der Waals surface area (Å²) in [5.41, 5.74) is 3.53. The van der Waals surface area contributed by atoms with Crippen LogP contribution >= 0.6 is 38.9 Å². The first kappa shape index (κ1) is 13.0. The van der Waals surface area contributed by atoms with Crippen molar-refractivity contribution in [3.05, 3.63) is 55.4 Å². The highest BCUT2D eigenvalue weighted by atomic mass is 79.9. The molecular formula is C11H9BrClFN2S. The molecule has 0 aliphatic carbocycles. The molecular weight excluding hydrogens is 327 g/mol. The average molecular weight is 336 g/mol. The second-order valence-corrected chi connectivity index (χ2v) is 5.62. The predicted molar refractivity (Wildman–Crippen MR) is 72.6 cm³/mol. The molecule has 0 bridgehead atoms. The Labute approximate surface area is 116 Å². The number of rotatable bonds is 3. The Morgan fingerprint density at radius 3 is 2.71 bits per heavy atom. The van der Waals surface area contributed by atoms with E-state index in [0.29, 0.717) is 0 Å². The lowest BCUT2D eigenvalue weighted by Gasteiger charge is -2.16. The van der Waals surface area contributed by atoms with Gasteiger partial charge in [-0.15, -0.1) is 11.3 Å². The van der Waals surface area contributed by atoms with Crippen LogP contribution in [-0.4, -0.2) is 0 Å². The number of hydrogen-bond donors (Lipinski definition) is 2. The molecule has 3 N–H and O–H groups in total. The first-order valence-electron chi connectivity index (χ1n) is 4.77. The van der Waals surface area contributed by atoms with Gasteiger partial charge in [0.15, 0.2) is 0 Å². The summed E-state index contributed by atoms with van der Waals surface area (Å²) in [5.74, 6) is 5.12. The Morgan fingerprint density at radius 1 is 1.41 bits per heavy atom. The van der Waals surface area contributed by atoms with E-state index in [-0.39, 0.29) is 11.1 Å². The van der Waals surface area contributed by atoms with Gasteiger partial charge in [-0.05, 0) is 45.1 Å². The average Bonchev–Trinajstić information content (AvgIpc) is 2.71. The Morgan fingerprint density at radius 2 is 2.18 bits per heavy atom. The number of nitrogens with two attached hydrogens (primary N) is 1. The molecule has 90 valence electrons. The highest BCUT2D eigenvalue weighted by Crippen LogP contribution is 2.33. The van der Waals surface area contributed by atoms with Crippen molar-refractivity contribution < 1.29 is 4.39 Å². The number of hydrazine groups is 1. The van der Waals surface area contributed by atoms with E-state index in [9.17, 15) is 4.39 Å². The van der Waals surface area contributed by atoms with Crippen LogP contribution < -0.4 is 11.3 Å². The summed E-state index contributed by atoms with van der Waals surface area (Å²) in [4.78, 5) is 1.02. The molecule has 2 nitrogen and oxygen atoms in total. The van der Waals surface area contributed by atoms with Gasteiger partial charge < -0.3 is 0 Å². The third kappa shape index (κ3) is 2.69. The van der Waals surface area contributed by atoms with Crippen molar-refractivity contribution in [1.82, 2.24) is 5.43 Å². The minimum absolute atomic E-state index is 0.0930. The largest absolute Gasteiger partial charge is 0.271 e. The quantitative estimate of drug-likeness (QED) is 0.660. The van der Waals surface area contributed by atoms with Crippen molar-refractivity contribution in [3.8, 4) is 0 Å². The lowest BCUT2D eigenvalue weighted by atomic mass is 10.1. The molecule has 2 rings (SSSR count). The topological polar surface area (TPSA) is 38.0 Å². The highest BCUT2D eigenvalue weighted by molar-refractivity contribution is 9.10. The number of benzene rings is 1. The zero-order valence-corrected chi connectivity index (χ0v) is 11.7. The van der Waals surface area contributed by atoms with Gasteiger partial charge in [0.25, 0.3) is 0 Å². The van der Waals surface area contributed by atoms with Crippen LogP contribution in [0.15, 0.2) is 34.1 Å². The van der Waals surface area contributed by atoms with Crippen LogP contribution in [0.2, 0.25) is 5.02 Å². The number of hydrogen-bond acceptors (Lipinski definition) is 3. The van der Waals surface area contributed by atoms with Crippen molar-refractivity contribution >= 4 is 38.9 Å². The van der Waals surface area contributed by atoms with E-state index in [1.807, 2.05) is 11.4 Å². The molecule has 1 aromatic carbocycles. The maximum absolute atomic E-state index is 13.1. The first-order valence-corrected chi connectivity index (χ1v) is 6.82. The van der Waals surface area contributed by atoms with E-state index in [0.717, 1.165) is 14.9 Å². The third-order valence-electron chi connectivity index (χ3n) is 2.35. The van der Waals surface area contributed by atoms with Gasteiger partial charge in [-0.1, -0.05) is 17.7 Å². The van der Waals surface area contributed by atoms with Gasteiger partial charge in [-0.2, -0.15) is 0 Å². The van der Waals surface area contributed by atoms with Crippen molar-refractivity contribution in [2.24, 2.45) is 5.84 Å². The van der Waals surface area contributed by atoms with Crippen molar-refractivity contribution in [2.45, 2.75) is 6.04 Å². The molecule has 0 spiro atoms. The molecule has 0 fully saturated rings. The standard InChI is InChI=1S/C11H9BrClFN2S/c12-7-3-4-17-11(7)10(16-15)6-1-2-9(14)8(13)5-6/h1-5,10,16H,15H2. The fourth-order valence-electron chi connectivity index (χ4n) is 1.53. The minimum atomic E-state index is -0.434. The monoisotopic (exact) mass is 334 g/mol. The molecule has 2 aromatic rings. The SMILES string of the molecule is NNC(c1ccc(F)c(Cl)c1)c1sccc1Br. The maximum Gasteiger partial charge on any atom is 0.141 e. The molecule has 6 heteroatoms. The summed E-state index contributed by atoms with van der Waals surface area (Å²) in [6.07, 6.45) is 0. The fraction of sp³-hybridized carbons (Fsp3) is 0.0909. The van der Waals surface area contributed by atoms with E-state index < -0.39 is 5.82 Å². The fourth-order valence-corrected chi connectivity index (χ4v) is 3.40. The van der Waals surface area contributed by atoms with Crippen LogP contribution in [-0.2, 0) is 0 Å². The van der Waals surface area contributed by atoms with E-state index in [4.69, 9.17) is 17.4 Å². The summed E-state index contributed by atoms with van der Waals surface area (Å²) >= 11 is 10.8. The molecule has 0 radical (unpaired) electrons. The van der Waals surface area contributed by atoms with Gasteiger partial charge in [0.05, 0.1) is 11.1 Å². The van der Waals surface area contributed by atoms with Gasteiger partial charge in [-0.25, -0.2) is 9.82 Å². The zero-order valence-electron chi connectivity index (χ0n) is 8.58. The summed E-state index contributed by atoms with van der Waals surface area (Å²) in [6.45, 7) is 0. The number of nitrogens with one attached hydrogen (secondary N) is 1. The molecule has 0 saturated heterocycles. The maximum atomic E-state index is 13.1. The molecule has 17 heavy (non-hydrogen) atoms. The van der Waals surface area contributed by atoms with E-state index in [1.165, 1.54) is 6.07 Å². The Bertz CT molecular complexity index is 532. The van der Waals surface area contributed by atoms with Crippen molar-refractivity contribution in [1.29, 1.82) is 0 Å². The molecule has 0 aliphatic rings. The van der Waals surface area contributed by atoms with Crippen LogP contribution in [0, 0.1) is 5.82 Å². The summed E-state index contributed by atoms with van der Waals surface area (Å²) in [5, 5.41) is 2.05. The lowest BCUT2D eigenvalue weighted by molar-refractivity contribution is 0.618. The van der Waals surface area contributed by atoms with Gasteiger partial charge in [0, 0.05) is 9.35 Å². The third-order valence-corrected chi connectivity index (χ3v) is 4.58. The second-order valence-electron chi connectivity index (χ2n) is 3.41. The Hall–Kier alpha value is -0.460. The molecule has 0 saturated carbocycles. The van der Waals surface area contributed by atoms with Crippen molar-refractivity contribution in [3.63, 3.8) is 0 Å². The number of thiophene rings is 1. The second kappa shape index (κ2) is 5.46. The van der Waals surface area contributed by atoms with Crippen LogP contribution in [0.1, 0.15) is 16.5 Å². The summed E-state index contributed by atoms with van der Waals surface area (Å²) < 4.78 is 14.1. The van der Waals surface area contributed by atoms with Gasteiger partial charge in [0.1, 0.15) is 5.82 Å². The minimum Gasteiger partial charge on any atom is -0.271 e. The van der Waals surface area contributed by atoms with Gasteiger partial charge in [0.2, 0.25) is 0 Å².